The summed E-state index contributed by atoms with van der Waals surface area (Å²) in [5, 5.41) is 0. The Kier molecular flexibility index (Phi) is 0.866. The van der Waals surface area contributed by atoms with Crippen LogP contribution in [-0.2, 0) is 4.74 Å². The first-order valence-electron chi connectivity index (χ1n) is 3.23. The summed E-state index contributed by atoms with van der Waals surface area (Å²) in [5.74, 6) is 0.801. The minimum absolute atomic E-state index is 0.355. The summed E-state index contributed by atoms with van der Waals surface area (Å²) in [6.07, 6.45) is 2.84. The molecule has 8 heavy (non-hydrogen) atoms. The highest BCUT2D eigenvalue weighted by molar-refractivity contribution is 4.91. The Balaban J connectivity index is 2.11. The molecule has 1 heterocycles. The molecule has 0 aromatic heterocycles. The monoisotopic (exact) mass is 113 g/mol. The molecule has 0 aromatic carbocycles. The van der Waals surface area contributed by atoms with Crippen LogP contribution in [0.2, 0.25) is 0 Å². The van der Waals surface area contributed by atoms with E-state index in [9.17, 15) is 0 Å². The van der Waals surface area contributed by atoms with Crippen LogP contribution in [0.3, 0.4) is 0 Å². The SMILES string of the molecule is N[C@H]1C[C@H]2CO[C@@H]1C2. The van der Waals surface area contributed by atoms with Crippen LogP contribution >= 0.6 is 0 Å². The molecule has 46 valence electrons. The van der Waals surface area contributed by atoms with Gasteiger partial charge in [0, 0.05) is 12.6 Å². The molecule has 2 bridgehead atoms. The molecule has 2 nitrogen and oxygen atoms in total. The fourth-order valence-electron chi connectivity index (χ4n) is 1.72. The van der Waals surface area contributed by atoms with Gasteiger partial charge in [-0.05, 0) is 18.8 Å². The zero-order valence-corrected chi connectivity index (χ0v) is 4.84. The van der Waals surface area contributed by atoms with Crippen LogP contribution in [0, 0.1) is 5.92 Å². The molecule has 0 aromatic rings. The Bertz CT molecular complexity index is 103. The molecule has 2 rings (SSSR count). The lowest BCUT2D eigenvalue weighted by Gasteiger charge is -2.16. The maximum Gasteiger partial charge on any atom is 0.0729 e. The van der Waals surface area contributed by atoms with Crippen molar-refractivity contribution in [2.45, 2.75) is 25.0 Å². The van der Waals surface area contributed by atoms with Crippen LogP contribution in [0.15, 0.2) is 0 Å². The molecule has 0 spiro atoms. The Hall–Kier alpha value is -0.0800. The van der Waals surface area contributed by atoms with Gasteiger partial charge in [-0.1, -0.05) is 0 Å². The number of ether oxygens (including phenoxy) is 1. The van der Waals surface area contributed by atoms with E-state index in [2.05, 4.69) is 0 Å². The third-order valence-electron chi connectivity index (χ3n) is 2.19. The van der Waals surface area contributed by atoms with E-state index in [1.54, 1.807) is 0 Å². The second-order valence-electron chi connectivity index (χ2n) is 2.87. The predicted molar refractivity (Wildman–Crippen MR) is 30.4 cm³/mol. The largest absolute Gasteiger partial charge is 0.376 e. The van der Waals surface area contributed by atoms with Gasteiger partial charge in [0.1, 0.15) is 0 Å². The summed E-state index contributed by atoms with van der Waals surface area (Å²) in [7, 11) is 0. The van der Waals surface area contributed by atoms with Crippen molar-refractivity contribution in [2.75, 3.05) is 6.61 Å². The first-order valence-corrected chi connectivity index (χ1v) is 3.23. The van der Waals surface area contributed by atoms with Crippen molar-refractivity contribution in [3.05, 3.63) is 0 Å². The van der Waals surface area contributed by atoms with Gasteiger partial charge in [-0.2, -0.15) is 0 Å². The second kappa shape index (κ2) is 1.45. The molecule has 0 unspecified atom stereocenters. The minimum atomic E-state index is 0.355. The quantitative estimate of drug-likeness (QED) is 0.484. The maximum absolute atomic E-state index is 5.69. The third-order valence-corrected chi connectivity index (χ3v) is 2.19. The molecule has 1 aliphatic carbocycles. The van der Waals surface area contributed by atoms with E-state index in [1.165, 1.54) is 12.8 Å². The van der Waals surface area contributed by atoms with Crippen LogP contribution in [0.4, 0.5) is 0 Å². The lowest BCUT2D eigenvalue weighted by atomic mass is 10.1. The van der Waals surface area contributed by atoms with Gasteiger partial charge in [-0.3, -0.25) is 0 Å². The Labute approximate surface area is 49.0 Å². The fourth-order valence-corrected chi connectivity index (χ4v) is 1.72. The minimum Gasteiger partial charge on any atom is -0.376 e. The molecule has 1 saturated carbocycles. The molecule has 2 heteroatoms. The Morgan fingerprint density at radius 3 is 2.50 bits per heavy atom. The molecule has 2 aliphatic rings. The van der Waals surface area contributed by atoms with E-state index >= 15 is 0 Å². The van der Waals surface area contributed by atoms with E-state index in [0.717, 1.165) is 12.5 Å². The Morgan fingerprint density at radius 1 is 1.38 bits per heavy atom. The van der Waals surface area contributed by atoms with Crippen molar-refractivity contribution in [3.8, 4) is 0 Å². The second-order valence-corrected chi connectivity index (χ2v) is 2.87. The summed E-state index contributed by atoms with van der Waals surface area (Å²) in [4.78, 5) is 0. The van der Waals surface area contributed by atoms with Gasteiger partial charge in [0.2, 0.25) is 0 Å². The molecule has 1 aliphatic heterocycles. The topological polar surface area (TPSA) is 35.2 Å². The average Bonchev–Trinajstić information content (AvgIpc) is 2.23. The molecular formula is C6H11NO. The van der Waals surface area contributed by atoms with Gasteiger partial charge in [0.15, 0.2) is 0 Å². The smallest absolute Gasteiger partial charge is 0.0729 e. The number of rotatable bonds is 0. The number of hydrogen-bond donors (Lipinski definition) is 1. The van der Waals surface area contributed by atoms with Crippen molar-refractivity contribution >= 4 is 0 Å². The van der Waals surface area contributed by atoms with Crippen LogP contribution in [-0.4, -0.2) is 18.8 Å². The summed E-state index contributed by atoms with van der Waals surface area (Å²) in [6.45, 7) is 0.971. The number of fused-ring (bicyclic) bond motifs is 2. The van der Waals surface area contributed by atoms with Crippen LogP contribution in [0.5, 0.6) is 0 Å². The third kappa shape index (κ3) is 0.501. The van der Waals surface area contributed by atoms with Gasteiger partial charge >= 0.3 is 0 Å². The molecule has 0 radical (unpaired) electrons. The van der Waals surface area contributed by atoms with Crippen molar-refractivity contribution in [1.29, 1.82) is 0 Å². The van der Waals surface area contributed by atoms with Crippen molar-refractivity contribution in [2.24, 2.45) is 11.7 Å². The lowest BCUT2D eigenvalue weighted by Crippen LogP contribution is -2.33. The fraction of sp³-hybridized carbons (Fsp3) is 1.00. The van der Waals surface area contributed by atoms with Gasteiger partial charge in [-0.15, -0.1) is 0 Å². The molecule has 0 amide bonds. The normalized spacial score (nSPS) is 52.9. The number of hydrogen-bond acceptors (Lipinski definition) is 2. The van der Waals surface area contributed by atoms with E-state index in [1.807, 2.05) is 0 Å². The van der Waals surface area contributed by atoms with E-state index in [4.69, 9.17) is 10.5 Å². The predicted octanol–water partition coefficient (Wildman–Crippen LogP) is 0.122. The summed E-state index contributed by atoms with van der Waals surface area (Å²) < 4.78 is 5.34. The molecule has 2 N–H and O–H groups in total. The summed E-state index contributed by atoms with van der Waals surface area (Å²) in [6, 6.07) is 0.355. The van der Waals surface area contributed by atoms with E-state index in [-0.39, 0.29) is 0 Å². The van der Waals surface area contributed by atoms with Gasteiger partial charge < -0.3 is 10.5 Å². The molecule has 2 fully saturated rings. The average molecular weight is 113 g/mol. The van der Waals surface area contributed by atoms with Crippen LogP contribution in [0.25, 0.3) is 0 Å². The van der Waals surface area contributed by atoms with Gasteiger partial charge in [-0.25, -0.2) is 0 Å². The van der Waals surface area contributed by atoms with Gasteiger partial charge in [0.05, 0.1) is 6.10 Å². The highest BCUT2D eigenvalue weighted by Crippen LogP contribution is 2.33. The number of nitrogens with two attached hydrogens (primary N) is 1. The zero-order chi connectivity index (χ0) is 5.56. The Morgan fingerprint density at radius 2 is 2.25 bits per heavy atom. The van der Waals surface area contributed by atoms with Crippen LogP contribution < -0.4 is 5.73 Å². The van der Waals surface area contributed by atoms with Crippen molar-refractivity contribution in [3.63, 3.8) is 0 Å². The molecular weight excluding hydrogens is 102 g/mol. The highest BCUT2D eigenvalue weighted by atomic mass is 16.5. The molecule has 1 saturated heterocycles. The lowest BCUT2D eigenvalue weighted by molar-refractivity contribution is 0.0625. The maximum atomic E-state index is 5.69. The first-order chi connectivity index (χ1) is 3.86. The van der Waals surface area contributed by atoms with E-state index in [0.29, 0.717) is 12.1 Å². The standard InChI is InChI=1S/C6H11NO/c7-5-1-4-2-6(5)8-3-4/h4-6H,1-3,7H2/t4-,5+,6-/m1/s1. The van der Waals surface area contributed by atoms with Crippen molar-refractivity contribution in [1.82, 2.24) is 0 Å². The summed E-state index contributed by atoms with van der Waals surface area (Å²) >= 11 is 0. The first kappa shape index (κ1) is 4.77. The van der Waals surface area contributed by atoms with Crippen molar-refractivity contribution < 1.29 is 4.74 Å². The summed E-state index contributed by atoms with van der Waals surface area (Å²) in [5.41, 5.74) is 5.69. The van der Waals surface area contributed by atoms with Crippen LogP contribution in [0.1, 0.15) is 12.8 Å². The van der Waals surface area contributed by atoms with Gasteiger partial charge in [0.25, 0.3) is 0 Å². The zero-order valence-electron chi connectivity index (χ0n) is 4.84. The van der Waals surface area contributed by atoms with E-state index < -0.39 is 0 Å². The molecule has 3 atom stereocenters. The highest BCUT2D eigenvalue weighted by Gasteiger charge is 2.38.